The van der Waals surface area contributed by atoms with Gasteiger partial charge in [0.25, 0.3) is 0 Å². The van der Waals surface area contributed by atoms with Gasteiger partial charge in [0.1, 0.15) is 0 Å². The van der Waals surface area contributed by atoms with Crippen LogP contribution in [-0.2, 0) is 20.1 Å². The van der Waals surface area contributed by atoms with Gasteiger partial charge in [0.2, 0.25) is 0 Å². The number of nitrogens with zero attached hydrogens (tertiary/aromatic N) is 2. The summed E-state index contributed by atoms with van der Waals surface area (Å²) in [6, 6.07) is 40.8. The molecule has 5 heteroatoms. The van der Waals surface area contributed by atoms with Crippen molar-refractivity contribution in [3.63, 3.8) is 0 Å². The Morgan fingerprint density at radius 2 is 1.35 bits per heavy atom. The van der Waals surface area contributed by atoms with Crippen LogP contribution in [0.3, 0.4) is 0 Å². The van der Waals surface area contributed by atoms with Crippen molar-refractivity contribution in [2.45, 2.75) is 66.1 Å². The van der Waals surface area contributed by atoms with Gasteiger partial charge in [-0.05, 0) is 79.8 Å². The minimum Gasteiger partial charge on any atom is -0.305 e. The zero-order valence-electron chi connectivity index (χ0n) is 29.7. The summed E-state index contributed by atoms with van der Waals surface area (Å²) >= 11 is 1.83. The molecule has 251 valence electrons. The van der Waals surface area contributed by atoms with Gasteiger partial charge < -0.3 is 9.97 Å². The second-order valence-electron chi connectivity index (χ2n) is 14.2. The minimum atomic E-state index is -1.34. The van der Waals surface area contributed by atoms with E-state index in [1.54, 1.807) is 0 Å². The summed E-state index contributed by atoms with van der Waals surface area (Å²) in [6.45, 7) is 18.3. The molecule has 0 amide bonds. The Morgan fingerprint density at radius 1 is 0.653 bits per heavy atom. The van der Waals surface area contributed by atoms with E-state index >= 15 is 0 Å². The number of aryl methyl sites for hydroxylation is 1. The van der Waals surface area contributed by atoms with Gasteiger partial charge in [-0.25, -0.2) is 0 Å². The molecule has 0 atom stereocenters. The number of rotatable bonds is 6. The van der Waals surface area contributed by atoms with Gasteiger partial charge in [-0.1, -0.05) is 107 Å². The van der Waals surface area contributed by atoms with Crippen LogP contribution in [0.4, 0.5) is 0 Å². The smallest absolute Gasteiger partial charge is 0.0799 e. The fourth-order valence-corrected chi connectivity index (χ4v) is 9.18. The zero-order chi connectivity index (χ0) is 34.0. The summed E-state index contributed by atoms with van der Waals surface area (Å²) in [5.41, 5.74) is 10.8. The van der Waals surface area contributed by atoms with E-state index in [0.717, 1.165) is 22.5 Å². The van der Waals surface area contributed by atoms with Crippen LogP contribution in [-0.4, -0.2) is 18.0 Å². The summed E-state index contributed by atoms with van der Waals surface area (Å²) in [4.78, 5) is 9.41. The van der Waals surface area contributed by atoms with E-state index in [2.05, 4.69) is 150 Å². The number of pyridine rings is 2. The molecule has 0 saturated heterocycles. The number of hydrogen-bond acceptors (Lipinski definition) is 3. The maximum Gasteiger partial charge on any atom is 0.0799 e. The number of hydrogen-bond donors (Lipinski definition) is 0. The van der Waals surface area contributed by atoms with Gasteiger partial charge >= 0.3 is 0 Å². The van der Waals surface area contributed by atoms with E-state index in [0.29, 0.717) is 11.8 Å². The average Bonchev–Trinajstić information content (AvgIpc) is 3.47. The summed E-state index contributed by atoms with van der Waals surface area (Å²) in [6.07, 6.45) is 4.09. The Kier molecular flexibility index (Phi) is 11.5. The number of aromatic nitrogens is 2. The molecular weight excluding hydrogens is 809 g/mol. The normalized spacial score (nSPS) is 11.5. The van der Waals surface area contributed by atoms with Crippen LogP contribution in [0.1, 0.15) is 56.2 Å². The van der Waals surface area contributed by atoms with Crippen molar-refractivity contribution >= 4 is 44.8 Å². The molecule has 0 unspecified atom stereocenters. The fourth-order valence-electron chi connectivity index (χ4n) is 6.32. The second kappa shape index (κ2) is 15.4. The molecule has 0 fully saturated rings. The molecule has 0 saturated carbocycles. The zero-order valence-corrected chi connectivity index (χ0v) is 33.9. The Labute approximate surface area is 311 Å². The van der Waals surface area contributed by atoms with Gasteiger partial charge in [-0.3, -0.25) is 0 Å². The van der Waals surface area contributed by atoms with Gasteiger partial charge in [0.05, 0.1) is 8.07 Å². The Balaban J connectivity index is 0.000000205. The third-order valence-electron chi connectivity index (χ3n) is 8.91. The molecule has 0 bridgehead atoms. The predicted molar refractivity (Wildman–Crippen MR) is 211 cm³/mol. The van der Waals surface area contributed by atoms with E-state index in [1.165, 1.54) is 53.2 Å². The fraction of sp³-hybridized carbons (Fsp3) is 0.227. The predicted octanol–water partition coefficient (Wildman–Crippen LogP) is 12.2. The van der Waals surface area contributed by atoms with E-state index in [1.807, 2.05) is 41.8 Å². The number of benzene rings is 4. The van der Waals surface area contributed by atoms with Crippen LogP contribution >= 0.6 is 11.3 Å². The first-order chi connectivity index (χ1) is 23.0. The quantitative estimate of drug-likeness (QED) is 0.123. The maximum atomic E-state index is 4.75. The molecule has 3 heterocycles. The van der Waals surface area contributed by atoms with Crippen molar-refractivity contribution < 1.29 is 20.1 Å². The summed E-state index contributed by atoms with van der Waals surface area (Å²) in [7, 11) is -1.34. The van der Waals surface area contributed by atoms with Crippen molar-refractivity contribution in [1.29, 1.82) is 0 Å². The molecule has 0 aliphatic carbocycles. The first-order valence-corrected chi connectivity index (χ1v) is 21.2. The molecule has 7 rings (SSSR count). The second-order valence-corrected chi connectivity index (χ2v) is 20.3. The van der Waals surface area contributed by atoms with Gasteiger partial charge in [0.15, 0.2) is 0 Å². The van der Waals surface area contributed by atoms with E-state index in [9.17, 15) is 0 Å². The van der Waals surface area contributed by atoms with Crippen LogP contribution < -0.4 is 5.19 Å². The van der Waals surface area contributed by atoms with Crippen LogP contribution in [0, 0.1) is 19.1 Å². The molecule has 0 aliphatic rings. The molecule has 4 aromatic carbocycles. The van der Waals surface area contributed by atoms with Crippen molar-refractivity contribution in [1.82, 2.24) is 9.97 Å². The Morgan fingerprint density at radius 3 is 2.02 bits per heavy atom. The summed E-state index contributed by atoms with van der Waals surface area (Å²) in [5, 5.41) is 4.06. The molecule has 0 aliphatic heterocycles. The molecule has 3 aromatic heterocycles. The third-order valence-corrected chi connectivity index (χ3v) is 12.2. The van der Waals surface area contributed by atoms with Crippen molar-refractivity contribution in [3.8, 4) is 33.6 Å². The molecule has 2 nitrogen and oxygen atoms in total. The Bertz CT molecular complexity index is 2180. The van der Waals surface area contributed by atoms with Crippen LogP contribution in [0.2, 0.25) is 19.6 Å². The van der Waals surface area contributed by atoms with Crippen molar-refractivity contribution in [2.75, 3.05) is 0 Å². The van der Waals surface area contributed by atoms with Gasteiger partial charge in [-0.2, -0.15) is 11.3 Å². The average molecular weight is 853 g/mol. The summed E-state index contributed by atoms with van der Waals surface area (Å²) in [5.74, 6) is 1.01. The molecule has 1 radical (unpaired) electrons. The Hall–Kier alpha value is -3.73. The molecule has 0 spiro atoms. The van der Waals surface area contributed by atoms with E-state index in [-0.39, 0.29) is 20.1 Å². The monoisotopic (exact) mass is 853 g/mol. The van der Waals surface area contributed by atoms with E-state index in [4.69, 9.17) is 4.98 Å². The number of fused-ring (bicyclic) bond motifs is 3. The topological polar surface area (TPSA) is 25.8 Å². The summed E-state index contributed by atoms with van der Waals surface area (Å²) < 4.78 is 2.57. The van der Waals surface area contributed by atoms with E-state index < -0.39 is 8.07 Å². The standard InChI is InChI=1S/C27H22NS.C17H22NSi.Ir/c1-17(2)23-15-25(28-16-18(23)3)22-11-7-10-21-24-14-20(19-8-5-4-6-9-19)12-13-26(24)29-27(21)22;1-13(2)15-11-16(14-9-7-6-8-10-14)18-12-17(15)19(3,4)5;/h4-10,12-17H,1-3H3;6-9,11-13H,1-5H3;/q2*-1;. The van der Waals surface area contributed by atoms with Gasteiger partial charge in [0, 0.05) is 37.2 Å². The molecule has 0 N–H and O–H groups in total. The molecular formula is C44H44IrN2SSi-2. The SMILES string of the molecule is CC(C)c1cc(-c2[c-]cccc2)ncc1[Si](C)(C)C.Cc1cnc(-c2[c-]ccc3c2sc2ccc(-c4ccccc4)cc23)cc1C(C)C.[Ir]. The van der Waals surface area contributed by atoms with Crippen LogP contribution in [0.15, 0.2) is 109 Å². The van der Waals surface area contributed by atoms with Crippen LogP contribution in [0.5, 0.6) is 0 Å². The minimum absolute atomic E-state index is 0. The van der Waals surface area contributed by atoms with Gasteiger partial charge in [-0.15, -0.1) is 59.7 Å². The molecule has 7 aromatic rings. The van der Waals surface area contributed by atoms with Crippen molar-refractivity contribution in [2.24, 2.45) is 0 Å². The third kappa shape index (κ3) is 8.03. The number of thiophene rings is 1. The molecule has 49 heavy (non-hydrogen) atoms. The van der Waals surface area contributed by atoms with Crippen molar-refractivity contribution in [3.05, 3.63) is 138 Å². The maximum absolute atomic E-state index is 4.75. The first-order valence-electron chi connectivity index (χ1n) is 16.9. The van der Waals surface area contributed by atoms with Crippen LogP contribution in [0.25, 0.3) is 53.8 Å². The first kappa shape index (κ1) is 36.5. The largest absolute Gasteiger partial charge is 0.305 e.